The number of nitrogens with zero attached hydrogens (tertiary/aromatic N) is 3. The molecule has 6 heteroatoms. The van der Waals surface area contributed by atoms with Crippen molar-refractivity contribution in [2.24, 2.45) is 0 Å². The van der Waals surface area contributed by atoms with Crippen LogP contribution in [0.2, 0.25) is 0 Å². The predicted molar refractivity (Wildman–Crippen MR) is 84.9 cm³/mol. The molecule has 1 N–H and O–H groups in total. The lowest BCUT2D eigenvalue weighted by Crippen LogP contribution is -2.16. The van der Waals surface area contributed by atoms with E-state index < -0.39 is 0 Å². The van der Waals surface area contributed by atoms with E-state index in [1.807, 2.05) is 11.4 Å². The Labute approximate surface area is 124 Å². The Hall–Kier alpha value is -1.40. The van der Waals surface area contributed by atoms with Gasteiger partial charge in [0.25, 0.3) is 0 Å². The Morgan fingerprint density at radius 3 is 2.95 bits per heavy atom. The van der Waals surface area contributed by atoms with Crippen molar-refractivity contribution in [2.45, 2.75) is 19.8 Å². The lowest BCUT2D eigenvalue weighted by Gasteiger charge is -2.11. The highest BCUT2D eigenvalue weighted by Gasteiger charge is 2.09. The molecule has 110 valence electrons. The number of hydrogen-bond donors (Lipinski definition) is 1. The van der Waals surface area contributed by atoms with Crippen LogP contribution in [0.4, 0.5) is 5.95 Å². The number of aromatic nitrogens is 2. The Kier molecular flexibility index (Phi) is 5.55. The standard InChI is InChI=1S/C14H22N4OS/c1-4-7-15-14-16-12(19-9-5-8-18(2)3)11-6-10-20-13(11)17-14/h6,10H,4-5,7-9H2,1-3H3,(H,15,16,17). The zero-order valence-corrected chi connectivity index (χ0v) is 13.2. The third-order valence-corrected chi connectivity index (χ3v) is 3.62. The first-order chi connectivity index (χ1) is 9.70. The maximum atomic E-state index is 5.84. The molecule has 0 aliphatic carbocycles. The second-order valence-corrected chi connectivity index (χ2v) is 5.82. The Morgan fingerprint density at radius 1 is 1.35 bits per heavy atom. The van der Waals surface area contributed by atoms with Gasteiger partial charge in [0.05, 0.1) is 12.0 Å². The number of anilines is 1. The van der Waals surface area contributed by atoms with E-state index in [1.54, 1.807) is 11.3 Å². The molecule has 0 aliphatic heterocycles. The maximum absolute atomic E-state index is 5.84. The summed E-state index contributed by atoms with van der Waals surface area (Å²) in [5, 5.41) is 6.25. The Morgan fingerprint density at radius 2 is 2.20 bits per heavy atom. The fourth-order valence-electron chi connectivity index (χ4n) is 1.80. The van der Waals surface area contributed by atoms with Gasteiger partial charge in [-0.2, -0.15) is 4.98 Å². The first-order valence-corrected chi connectivity index (χ1v) is 7.85. The van der Waals surface area contributed by atoms with E-state index in [2.05, 4.69) is 41.2 Å². The summed E-state index contributed by atoms with van der Waals surface area (Å²) in [7, 11) is 4.13. The first-order valence-electron chi connectivity index (χ1n) is 6.97. The van der Waals surface area contributed by atoms with Crippen LogP contribution in [0.3, 0.4) is 0 Å². The van der Waals surface area contributed by atoms with Gasteiger partial charge in [-0.1, -0.05) is 6.92 Å². The Bertz CT molecular complexity index is 541. The summed E-state index contributed by atoms with van der Waals surface area (Å²) in [6.45, 7) is 4.68. The topological polar surface area (TPSA) is 50.3 Å². The van der Waals surface area contributed by atoms with Crippen molar-refractivity contribution in [3.63, 3.8) is 0 Å². The van der Waals surface area contributed by atoms with E-state index in [9.17, 15) is 0 Å². The third-order valence-electron chi connectivity index (χ3n) is 2.81. The highest BCUT2D eigenvalue weighted by Crippen LogP contribution is 2.28. The summed E-state index contributed by atoms with van der Waals surface area (Å²) in [5.41, 5.74) is 0. The second-order valence-electron chi connectivity index (χ2n) is 4.92. The van der Waals surface area contributed by atoms with Gasteiger partial charge in [-0.25, -0.2) is 4.98 Å². The van der Waals surface area contributed by atoms with E-state index in [-0.39, 0.29) is 0 Å². The number of rotatable bonds is 8. The van der Waals surface area contributed by atoms with E-state index in [4.69, 9.17) is 4.74 Å². The van der Waals surface area contributed by atoms with Gasteiger partial charge in [-0.05, 0) is 38.4 Å². The fourth-order valence-corrected chi connectivity index (χ4v) is 2.56. The van der Waals surface area contributed by atoms with Crippen molar-refractivity contribution in [2.75, 3.05) is 39.1 Å². The fraction of sp³-hybridized carbons (Fsp3) is 0.571. The number of hydrogen-bond acceptors (Lipinski definition) is 6. The van der Waals surface area contributed by atoms with Crippen molar-refractivity contribution in [3.05, 3.63) is 11.4 Å². The predicted octanol–water partition coefficient (Wildman–Crippen LogP) is 2.84. The largest absolute Gasteiger partial charge is 0.477 e. The van der Waals surface area contributed by atoms with Gasteiger partial charge in [0.15, 0.2) is 0 Å². The van der Waals surface area contributed by atoms with E-state index in [1.165, 1.54) is 0 Å². The highest BCUT2D eigenvalue weighted by molar-refractivity contribution is 7.16. The molecule has 0 saturated carbocycles. The molecule has 20 heavy (non-hydrogen) atoms. The lowest BCUT2D eigenvalue weighted by atomic mass is 10.4. The summed E-state index contributed by atoms with van der Waals surface area (Å²) in [5.74, 6) is 1.35. The normalized spacial score (nSPS) is 11.2. The van der Waals surface area contributed by atoms with Gasteiger partial charge in [0.2, 0.25) is 11.8 Å². The van der Waals surface area contributed by atoms with Gasteiger partial charge in [-0.15, -0.1) is 11.3 Å². The minimum Gasteiger partial charge on any atom is -0.477 e. The van der Waals surface area contributed by atoms with Gasteiger partial charge in [0.1, 0.15) is 4.83 Å². The monoisotopic (exact) mass is 294 g/mol. The van der Waals surface area contributed by atoms with Crippen molar-refractivity contribution in [3.8, 4) is 5.88 Å². The molecule has 0 unspecified atom stereocenters. The third kappa shape index (κ3) is 4.05. The van der Waals surface area contributed by atoms with E-state index in [0.29, 0.717) is 18.4 Å². The molecule has 2 aromatic heterocycles. The second kappa shape index (κ2) is 7.40. The summed E-state index contributed by atoms with van der Waals surface area (Å²) in [6.07, 6.45) is 2.03. The number of fused-ring (bicyclic) bond motifs is 1. The molecule has 0 amide bonds. The van der Waals surface area contributed by atoms with E-state index in [0.717, 1.165) is 36.1 Å². The van der Waals surface area contributed by atoms with Crippen LogP contribution in [-0.4, -0.2) is 48.7 Å². The molecule has 0 radical (unpaired) electrons. The summed E-state index contributed by atoms with van der Waals surface area (Å²) < 4.78 is 5.84. The average molecular weight is 294 g/mol. The van der Waals surface area contributed by atoms with Crippen molar-refractivity contribution in [1.82, 2.24) is 14.9 Å². The van der Waals surface area contributed by atoms with E-state index >= 15 is 0 Å². The van der Waals surface area contributed by atoms with Crippen molar-refractivity contribution >= 4 is 27.5 Å². The van der Waals surface area contributed by atoms with Crippen LogP contribution in [0.5, 0.6) is 5.88 Å². The minimum atomic E-state index is 0.657. The Balaban J connectivity index is 2.07. The maximum Gasteiger partial charge on any atom is 0.227 e. The molecule has 0 bridgehead atoms. The molecule has 0 fully saturated rings. The first kappa shape index (κ1) is 15.0. The lowest BCUT2D eigenvalue weighted by molar-refractivity contribution is 0.276. The molecule has 2 aromatic rings. The molecular formula is C14H22N4OS. The molecule has 0 atom stereocenters. The van der Waals surface area contributed by atoms with Crippen LogP contribution in [0, 0.1) is 0 Å². The van der Waals surface area contributed by atoms with Gasteiger partial charge in [0, 0.05) is 13.1 Å². The molecule has 5 nitrogen and oxygen atoms in total. The van der Waals surface area contributed by atoms with Crippen LogP contribution in [0.15, 0.2) is 11.4 Å². The highest BCUT2D eigenvalue weighted by atomic mass is 32.1. The average Bonchev–Trinajstić information content (AvgIpc) is 2.89. The quantitative estimate of drug-likeness (QED) is 0.759. The molecule has 0 aliphatic rings. The van der Waals surface area contributed by atoms with Crippen LogP contribution < -0.4 is 10.1 Å². The van der Waals surface area contributed by atoms with Crippen LogP contribution in [0.25, 0.3) is 10.2 Å². The number of ether oxygens (including phenoxy) is 1. The summed E-state index contributed by atoms with van der Waals surface area (Å²) >= 11 is 1.61. The summed E-state index contributed by atoms with van der Waals surface area (Å²) in [4.78, 5) is 12.1. The van der Waals surface area contributed by atoms with Gasteiger partial charge >= 0.3 is 0 Å². The molecule has 0 spiro atoms. The van der Waals surface area contributed by atoms with Gasteiger partial charge < -0.3 is 15.0 Å². The molecule has 2 rings (SSSR count). The number of nitrogens with one attached hydrogen (secondary N) is 1. The van der Waals surface area contributed by atoms with Crippen molar-refractivity contribution < 1.29 is 4.74 Å². The molecule has 0 saturated heterocycles. The number of thiophene rings is 1. The SMILES string of the molecule is CCCNc1nc(OCCCN(C)C)c2ccsc2n1. The zero-order valence-electron chi connectivity index (χ0n) is 12.3. The zero-order chi connectivity index (χ0) is 14.4. The van der Waals surface area contributed by atoms with Crippen LogP contribution >= 0.6 is 11.3 Å². The van der Waals surface area contributed by atoms with Crippen LogP contribution in [0.1, 0.15) is 19.8 Å². The minimum absolute atomic E-state index is 0.657. The molecule has 2 heterocycles. The van der Waals surface area contributed by atoms with Crippen molar-refractivity contribution in [1.29, 1.82) is 0 Å². The van der Waals surface area contributed by atoms with Crippen LogP contribution in [-0.2, 0) is 0 Å². The molecule has 0 aromatic carbocycles. The van der Waals surface area contributed by atoms with Gasteiger partial charge in [-0.3, -0.25) is 0 Å². The summed E-state index contributed by atoms with van der Waals surface area (Å²) in [6, 6.07) is 2.02. The smallest absolute Gasteiger partial charge is 0.227 e. The molecular weight excluding hydrogens is 272 g/mol.